The van der Waals surface area contributed by atoms with Gasteiger partial charge in [-0.3, -0.25) is 9.59 Å². The van der Waals surface area contributed by atoms with Crippen molar-refractivity contribution in [2.45, 2.75) is 32.1 Å². The fraction of sp³-hybridized carbons (Fsp3) is 0.333. The Kier molecular flexibility index (Phi) is 6.29. The molecule has 0 atom stereocenters. The van der Waals surface area contributed by atoms with E-state index in [2.05, 4.69) is 5.32 Å². The van der Waals surface area contributed by atoms with Crippen molar-refractivity contribution >= 4 is 28.4 Å². The molecule has 0 unspecified atom stereocenters. The second kappa shape index (κ2) is 8.86. The van der Waals surface area contributed by atoms with Crippen molar-refractivity contribution in [2.24, 2.45) is 0 Å². The summed E-state index contributed by atoms with van der Waals surface area (Å²) < 4.78 is 0. The van der Waals surface area contributed by atoms with Crippen LogP contribution in [0.3, 0.4) is 0 Å². The van der Waals surface area contributed by atoms with Crippen LogP contribution in [0.1, 0.15) is 37.7 Å². The van der Waals surface area contributed by atoms with Crippen LogP contribution >= 0.6 is 11.6 Å². The van der Waals surface area contributed by atoms with Crippen LogP contribution in [0, 0.1) is 0 Å². The molecular weight excluding hydrogens is 348 g/mol. The van der Waals surface area contributed by atoms with Crippen LogP contribution < -0.4 is 5.32 Å². The lowest BCUT2D eigenvalue weighted by atomic mass is 10.0. The van der Waals surface area contributed by atoms with Crippen LogP contribution in [0.25, 0.3) is 5.03 Å². The van der Waals surface area contributed by atoms with Crippen LogP contribution in [-0.2, 0) is 9.59 Å². The smallest absolute Gasteiger partial charge is 0.271 e. The highest BCUT2D eigenvalue weighted by molar-refractivity contribution is 6.51. The van der Waals surface area contributed by atoms with Gasteiger partial charge in [0.2, 0.25) is 0 Å². The summed E-state index contributed by atoms with van der Waals surface area (Å²) in [4.78, 5) is 27.5. The van der Waals surface area contributed by atoms with Crippen LogP contribution in [-0.4, -0.2) is 29.8 Å². The number of nitrogens with one attached hydrogen (secondary N) is 1. The molecule has 3 rings (SSSR count). The number of carbonyl (C=O) groups is 2. The number of halogens is 1. The Morgan fingerprint density at radius 2 is 1.77 bits per heavy atom. The molecule has 1 N–H and O–H groups in total. The molecule has 136 valence electrons. The molecule has 1 aromatic rings. The Hall–Kier alpha value is -2.33. The number of benzene rings is 1. The van der Waals surface area contributed by atoms with Crippen molar-refractivity contribution in [3.8, 4) is 0 Å². The summed E-state index contributed by atoms with van der Waals surface area (Å²) in [6.07, 6.45) is 10.2. The number of piperidine rings is 1. The minimum absolute atomic E-state index is 0.167. The van der Waals surface area contributed by atoms with Gasteiger partial charge in [0.25, 0.3) is 11.8 Å². The van der Waals surface area contributed by atoms with Gasteiger partial charge in [0.05, 0.1) is 5.03 Å². The molecule has 26 heavy (non-hydrogen) atoms. The normalized spacial score (nSPS) is 18.0. The molecule has 0 spiro atoms. The SMILES string of the molecule is O=C(N/C(C(=O)N1CCCCC1)=C(/Cl)c1ccccc1)C1=CC=CCC1. The molecule has 1 aliphatic heterocycles. The zero-order valence-electron chi connectivity index (χ0n) is 14.7. The largest absolute Gasteiger partial charge is 0.337 e. The summed E-state index contributed by atoms with van der Waals surface area (Å²) in [6.45, 7) is 1.39. The number of likely N-dealkylation sites (tertiary alicyclic amines) is 1. The average molecular weight is 371 g/mol. The molecule has 4 nitrogen and oxygen atoms in total. The third-order valence-corrected chi connectivity index (χ3v) is 5.06. The summed E-state index contributed by atoms with van der Waals surface area (Å²) in [6, 6.07) is 9.27. The number of carbonyl (C=O) groups excluding carboxylic acids is 2. The predicted octanol–water partition coefficient (Wildman–Crippen LogP) is 4.00. The molecule has 0 saturated carbocycles. The fourth-order valence-electron chi connectivity index (χ4n) is 3.17. The summed E-state index contributed by atoms with van der Waals surface area (Å²) in [5.41, 5.74) is 1.54. The molecular formula is C21H23ClN2O2. The summed E-state index contributed by atoms with van der Waals surface area (Å²) in [5, 5.41) is 3.08. The standard InChI is InChI=1S/C21H23ClN2O2/c22-18(16-10-4-1-5-11-16)19(21(26)24-14-8-3-9-15-24)23-20(25)17-12-6-2-7-13-17/h1-2,4-6,10-12H,3,7-9,13-15H2,(H,23,25)/b19-18+. The number of hydrogen-bond acceptors (Lipinski definition) is 2. The van der Waals surface area contributed by atoms with E-state index < -0.39 is 0 Å². The first kappa shape index (κ1) is 18.5. The average Bonchev–Trinajstić information content (AvgIpc) is 2.73. The molecule has 0 radical (unpaired) electrons. The number of hydrogen-bond donors (Lipinski definition) is 1. The zero-order valence-corrected chi connectivity index (χ0v) is 15.5. The Balaban J connectivity index is 1.90. The van der Waals surface area contributed by atoms with Crippen molar-refractivity contribution in [1.29, 1.82) is 0 Å². The van der Waals surface area contributed by atoms with Gasteiger partial charge in [-0.15, -0.1) is 0 Å². The molecule has 1 heterocycles. The lowest BCUT2D eigenvalue weighted by Gasteiger charge is -2.28. The van der Waals surface area contributed by atoms with Crippen LogP contribution in [0.4, 0.5) is 0 Å². The topological polar surface area (TPSA) is 49.4 Å². The summed E-state index contributed by atoms with van der Waals surface area (Å²) in [7, 11) is 0. The van der Waals surface area contributed by atoms with E-state index in [1.54, 1.807) is 11.0 Å². The molecule has 1 aliphatic carbocycles. The molecule has 1 fully saturated rings. The van der Waals surface area contributed by atoms with Crippen molar-refractivity contribution in [1.82, 2.24) is 10.2 Å². The number of amides is 2. The van der Waals surface area contributed by atoms with E-state index in [0.717, 1.165) is 25.7 Å². The second-order valence-corrected chi connectivity index (χ2v) is 6.90. The maximum Gasteiger partial charge on any atom is 0.271 e. The molecule has 0 aromatic heterocycles. The Morgan fingerprint density at radius 1 is 1.04 bits per heavy atom. The van der Waals surface area contributed by atoms with E-state index in [4.69, 9.17) is 11.6 Å². The molecule has 2 amide bonds. The number of allylic oxidation sites excluding steroid dienone is 3. The Bertz CT molecular complexity index is 759. The van der Waals surface area contributed by atoms with Gasteiger partial charge in [0, 0.05) is 18.7 Å². The lowest BCUT2D eigenvalue weighted by Crippen LogP contribution is -2.41. The molecule has 0 bridgehead atoms. The van der Waals surface area contributed by atoms with E-state index in [-0.39, 0.29) is 22.5 Å². The maximum atomic E-state index is 13.1. The Morgan fingerprint density at radius 3 is 2.42 bits per heavy atom. The van der Waals surface area contributed by atoms with Gasteiger partial charge < -0.3 is 10.2 Å². The van der Waals surface area contributed by atoms with Crippen LogP contribution in [0.2, 0.25) is 0 Å². The van der Waals surface area contributed by atoms with E-state index in [0.29, 0.717) is 30.6 Å². The van der Waals surface area contributed by atoms with Crippen LogP contribution in [0.15, 0.2) is 59.8 Å². The second-order valence-electron chi connectivity index (χ2n) is 6.52. The fourth-order valence-corrected chi connectivity index (χ4v) is 3.43. The highest BCUT2D eigenvalue weighted by Crippen LogP contribution is 2.25. The van der Waals surface area contributed by atoms with Gasteiger partial charge >= 0.3 is 0 Å². The predicted molar refractivity (Wildman–Crippen MR) is 104 cm³/mol. The molecule has 1 aromatic carbocycles. The van der Waals surface area contributed by atoms with Gasteiger partial charge in [-0.25, -0.2) is 0 Å². The summed E-state index contributed by atoms with van der Waals surface area (Å²) in [5.74, 6) is -0.470. The van der Waals surface area contributed by atoms with E-state index in [1.165, 1.54) is 0 Å². The number of rotatable bonds is 4. The van der Waals surface area contributed by atoms with Gasteiger partial charge in [0.1, 0.15) is 5.70 Å². The van der Waals surface area contributed by atoms with E-state index in [1.807, 2.05) is 42.5 Å². The maximum absolute atomic E-state index is 13.1. The van der Waals surface area contributed by atoms with Gasteiger partial charge in [0.15, 0.2) is 0 Å². The van der Waals surface area contributed by atoms with Crippen molar-refractivity contribution < 1.29 is 9.59 Å². The number of nitrogens with zero attached hydrogens (tertiary/aromatic N) is 1. The van der Waals surface area contributed by atoms with E-state index >= 15 is 0 Å². The Labute approximate surface area is 159 Å². The quantitative estimate of drug-likeness (QED) is 0.814. The summed E-state index contributed by atoms with van der Waals surface area (Å²) >= 11 is 6.55. The van der Waals surface area contributed by atoms with Gasteiger partial charge in [-0.05, 0) is 37.7 Å². The lowest BCUT2D eigenvalue weighted by molar-refractivity contribution is -0.129. The highest BCUT2D eigenvalue weighted by atomic mass is 35.5. The van der Waals surface area contributed by atoms with Crippen molar-refractivity contribution in [3.05, 3.63) is 65.4 Å². The minimum Gasteiger partial charge on any atom is -0.337 e. The van der Waals surface area contributed by atoms with Gasteiger partial charge in [-0.2, -0.15) is 0 Å². The van der Waals surface area contributed by atoms with Crippen molar-refractivity contribution in [3.63, 3.8) is 0 Å². The first-order valence-corrected chi connectivity index (χ1v) is 9.46. The third kappa shape index (κ3) is 4.44. The zero-order chi connectivity index (χ0) is 18.4. The first-order chi connectivity index (χ1) is 12.7. The highest BCUT2D eigenvalue weighted by Gasteiger charge is 2.26. The third-order valence-electron chi connectivity index (χ3n) is 4.65. The molecule has 1 saturated heterocycles. The first-order valence-electron chi connectivity index (χ1n) is 9.08. The van der Waals surface area contributed by atoms with Crippen LogP contribution in [0.5, 0.6) is 0 Å². The molecule has 2 aliphatic rings. The molecule has 5 heteroatoms. The monoisotopic (exact) mass is 370 g/mol. The van der Waals surface area contributed by atoms with Crippen molar-refractivity contribution in [2.75, 3.05) is 13.1 Å². The minimum atomic E-state index is -0.260. The van der Waals surface area contributed by atoms with Gasteiger partial charge in [-0.1, -0.05) is 60.2 Å². The van der Waals surface area contributed by atoms with E-state index in [9.17, 15) is 9.59 Å².